The molecular weight excluding hydrogens is 686 g/mol. The number of carboxylic acid groups (broad SMARTS) is 1. The Balaban J connectivity index is 0.000000442. The number of hydrogen-bond donors (Lipinski definition) is 2. The third-order valence-electron chi connectivity index (χ3n) is 9.68. The van der Waals surface area contributed by atoms with E-state index >= 15 is 0 Å². The van der Waals surface area contributed by atoms with Crippen molar-refractivity contribution in [1.82, 2.24) is 10.2 Å². The Labute approximate surface area is 304 Å². The SMILES string of the molecule is COc1cc2cc(c1Cl)N(C)C(=O)CC[C@]1(C)O[C@H]1[C@H](C)[C@@H]1C[C@](OC)(C/C=C/C=C(\C)C2)NC(=O)O1.CSCCC(=O)N(C)[C@@H](C)C(=O)O. The first-order valence-electron chi connectivity index (χ1n) is 16.7. The van der Waals surface area contributed by atoms with Gasteiger partial charge in [0.1, 0.15) is 28.6 Å². The fourth-order valence-corrected chi connectivity index (χ4v) is 6.83. The van der Waals surface area contributed by atoms with Gasteiger partial charge in [-0.1, -0.05) is 42.3 Å². The van der Waals surface area contributed by atoms with E-state index in [0.29, 0.717) is 48.6 Å². The van der Waals surface area contributed by atoms with Crippen LogP contribution in [0.1, 0.15) is 65.4 Å². The summed E-state index contributed by atoms with van der Waals surface area (Å²) in [4.78, 5) is 50.4. The van der Waals surface area contributed by atoms with Crippen molar-refractivity contribution in [3.05, 3.63) is 46.5 Å². The number of hydrogen-bond acceptors (Lipinski definition) is 9. The Morgan fingerprint density at radius 2 is 1.98 bits per heavy atom. The normalized spacial score (nSPS) is 29.0. The summed E-state index contributed by atoms with van der Waals surface area (Å²) in [7, 11) is 6.42. The molecule has 50 heavy (non-hydrogen) atoms. The number of methoxy groups -OCH3 is 2. The topological polar surface area (TPSA) is 147 Å². The first-order chi connectivity index (χ1) is 23.5. The number of epoxide rings is 1. The van der Waals surface area contributed by atoms with Crippen LogP contribution < -0.4 is 15.0 Å². The van der Waals surface area contributed by atoms with Crippen LogP contribution in [0.4, 0.5) is 10.5 Å². The summed E-state index contributed by atoms with van der Waals surface area (Å²) in [5, 5.41) is 11.9. The van der Waals surface area contributed by atoms with Crippen LogP contribution in [0.15, 0.2) is 35.9 Å². The number of halogens is 1. The van der Waals surface area contributed by atoms with E-state index < -0.39 is 29.4 Å². The number of carboxylic acids is 1. The van der Waals surface area contributed by atoms with Crippen LogP contribution in [0, 0.1) is 5.92 Å². The predicted molar refractivity (Wildman–Crippen MR) is 195 cm³/mol. The third-order valence-corrected chi connectivity index (χ3v) is 10.7. The molecule has 4 rings (SSSR count). The zero-order valence-corrected chi connectivity index (χ0v) is 32.1. The van der Waals surface area contributed by atoms with Gasteiger partial charge in [0.25, 0.3) is 0 Å². The van der Waals surface area contributed by atoms with Gasteiger partial charge in [-0.05, 0) is 57.6 Å². The molecular formula is C36H52ClN3O9S. The van der Waals surface area contributed by atoms with E-state index in [4.69, 9.17) is 35.7 Å². The summed E-state index contributed by atoms with van der Waals surface area (Å²) in [6.07, 6.45) is 9.75. The van der Waals surface area contributed by atoms with E-state index in [1.807, 2.05) is 57.4 Å². The molecule has 1 aromatic carbocycles. The molecule has 0 radical (unpaired) electrons. The number of nitrogens with one attached hydrogen (secondary N) is 1. The highest BCUT2D eigenvalue weighted by molar-refractivity contribution is 7.98. The van der Waals surface area contributed by atoms with Gasteiger partial charge in [0, 0.05) is 58.6 Å². The highest BCUT2D eigenvalue weighted by atomic mass is 35.5. The molecule has 3 aliphatic rings. The first kappa shape index (κ1) is 41.2. The molecule has 3 heterocycles. The molecule has 4 bridgehead atoms. The molecule has 0 aromatic heterocycles. The minimum absolute atomic E-state index is 0.0657. The van der Waals surface area contributed by atoms with E-state index in [-0.39, 0.29) is 36.4 Å². The summed E-state index contributed by atoms with van der Waals surface area (Å²) in [6, 6.07) is 3.10. The Kier molecular flexibility index (Phi) is 14.6. The number of fused-ring (bicyclic) bond motifs is 5. The molecule has 12 nitrogen and oxygen atoms in total. The van der Waals surface area contributed by atoms with Crippen LogP contribution in [-0.4, -0.2) is 104 Å². The number of aliphatic carboxylic acids is 1. The van der Waals surface area contributed by atoms with Gasteiger partial charge in [0.05, 0.1) is 24.5 Å². The number of carbonyl (C=O) groups is 4. The zero-order chi connectivity index (χ0) is 37.4. The zero-order valence-electron chi connectivity index (χ0n) is 30.5. The number of anilines is 1. The molecule has 0 aliphatic carbocycles. The summed E-state index contributed by atoms with van der Waals surface area (Å²) in [5.74, 6) is 0.0324. The lowest BCUT2D eigenvalue weighted by atomic mass is 9.85. The standard InChI is InChI=1S/C28H37ClN2O6.C8H15NO3S/c1-17-9-7-8-11-28(35-6)16-22(36-26(33)30-28)18(2)25-27(3,37-25)12-10-23(32)31(4)20-14-19(13-17)15-21(34-5)24(20)29;1-6(8(11)12)9(2)7(10)4-5-13-3/h7-9,14-15,18,22,25H,10-13,16H2,1-6H3,(H,30,33);6H,4-5H2,1-3H3,(H,11,12)/b8-7+,17-9+;/t18-,22+,25+,27+,28-;6-/m10/s1. The first-order valence-corrected chi connectivity index (χ1v) is 18.4. The van der Waals surface area contributed by atoms with Crippen LogP contribution in [0.3, 0.4) is 0 Å². The Morgan fingerprint density at radius 3 is 2.60 bits per heavy atom. The highest BCUT2D eigenvalue weighted by Gasteiger charge is 2.58. The van der Waals surface area contributed by atoms with Crippen molar-refractivity contribution in [3.8, 4) is 5.75 Å². The molecule has 6 atom stereocenters. The van der Waals surface area contributed by atoms with Crippen molar-refractivity contribution in [3.63, 3.8) is 0 Å². The average Bonchev–Trinajstić information content (AvgIpc) is 3.77. The number of allylic oxidation sites excluding steroid dienone is 3. The van der Waals surface area contributed by atoms with Crippen molar-refractivity contribution in [2.24, 2.45) is 5.92 Å². The van der Waals surface area contributed by atoms with Gasteiger partial charge < -0.3 is 33.9 Å². The molecule has 2 saturated heterocycles. The van der Waals surface area contributed by atoms with Gasteiger partial charge in [-0.3, -0.25) is 14.9 Å². The van der Waals surface area contributed by atoms with Crippen LogP contribution >= 0.6 is 23.4 Å². The van der Waals surface area contributed by atoms with Gasteiger partial charge in [-0.15, -0.1) is 0 Å². The lowest BCUT2D eigenvalue weighted by Gasteiger charge is -2.41. The molecule has 0 saturated carbocycles. The van der Waals surface area contributed by atoms with Crippen LogP contribution in [0.2, 0.25) is 5.02 Å². The van der Waals surface area contributed by atoms with Crippen LogP contribution in [0.25, 0.3) is 0 Å². The van der Waals surface area contributed by atoms with Crippen molar-refractivity contribution in [2.45, 2.75) is 95.8 Å². The Hall–Kier alpha value is -3.26. The van der Waals surface area contributed by atoms with Crippen molar-refractivity contribution < 1.29 is 43.2 Å². The van der Waals surface area contributed by atoms with Gasteiger partial charge in [-0.2, -0.15) is 11.8 Å². The smallest absolute Gasteiger partial charge is 0.409 e. The van der Waals surface area contributed by atoms with E-state index in [1.165, 1.54) is 18.9 Å². The van der Waals surface area contributed by atoms with E-state index in [9.17, 15) is 19.2 Å². The van der Waals surface area contributed by atoms with Crippen LogP contribution in [0.5, 0.6) is 5.75 Å². The Bertz CT molecular complexity index is 1470. The fraction of sp³-hybridized carbons (Fsp3) is 0.611. The highest BCUT2D eigenvalue weighted by Crippen LogP contribution is 2.48. The second-order valence-electron chi connectivity index (χ2n) is 13.3. The summed E-state index contributed by atoms with van der Waals surface area (Å²) < 4.78 is 23.1. The van der Waals surface area contributed by atoms with E-state index in [2.05, 4.69) is 5.32 Å². The second-order valence-corrected chi connectivity index (χ2v) is 14.7. The molecule has 0 unspecified atom stereocenters. The number of likely N-dealkylation sites (N-methyl/N-ethyl adjacent to an activating group) is 1. The number of nitrogens with zero attached hydrogens (tertiary/aromatic N) is 2. The van der Waals surface area contributed by atoms with Gasteiger partial charge in [0.15, 0.2) is 0 Å². The van der Waals surface area contributed by atoms with Crippen molar-refractivity contribution in [1.29, 1.82) is 0 Å². The number of benzene rings is 1. The molecule has 14 heteroatoms. The minimum atomic E-state index is -0.972. The summed E-state index contributed by atoms with van der Waals surface area (Å²) >= 11 is 8.19. The number of amides is 3. The predicted octanol–water partition coefficient (Wildman–Crippen LogP) is 5.85. The van der Waals surface area contributed by atoms with Gasteiger partial charge in [-0.25, -0.2) is 9.59 Å². The lowest BCUT2D eigenvalue weighted by molar-refractivity contribution is -0.148. The summed E-state index contributed by atoms with van der Waals surface area (Å²) in [5.41, 5.74) is 1.37. The molecule has 2 fully saturated rings. The molecule has 1 aromatic rings. The minimum Gasteiger partial charge on any atom is -0.495 e. The second kappa shape index (κ2) is 17.8. The molecule has 0 spiro atoms. The number of ether oxygens (including phenoxy) is 4. The quantitative estimate of drug-likeness (QED) is 0.327. The molecule has 3 aliphatic heterocycles. The number of thioether (sulfide) groups is 1. The van der Waals surface area contributed by atoms with Crippen molar-refractivity contribution >= 4 is 52.9 Å². The summed E-state index contributed by atoms with van der Waals surface area (Å²) in [6.45, 7) is 7.56. The van der Waals surface area contributed by atoms with Crippen LogP contribution in [-0.2, 0) is 35.0 Å². The fourth-order valence-electron chi connectivity index (χ4n) is 6.14. The van der Waals surface area contributed by atoms with E-state index in [0.717, 1.165) is 16.9 Å². The average molecular weight is 738 g/mol. The maximum absolute atomic E-state index is 13.2. The largest absolute Gasteiger partial charge is 0.495 e. The molecule has 278 valence electrons. The monoisotopic (exact) mass is 737 g/mol. The van der Waals surface area contributed by atoms with Gasteiger partial charge >= 0.3 is 12.1 Å². The molecule has 2 N–H and O–H groups in total. The van der Waals surface area contributed by atoms with Crippen molar-refractivity contribution in [2.75, 3.05) is 45.2 Å². The van der Waals surface area contributed by atoms with E-state index in [1.54, 1.807) is 37.9 Å². The number of carbonyl (C=O) groups excluding carboxylic acids is 3. The number of rotatable bonds is 7. The molecule has 3 amide bonds. The Morgan fingerprint density at radius 1 is 1.28 bits per heavy atom. The lowest BCUT2D eigenvalue weighted by Crippen LogP contribution is -2.58. The maximum atomic E-state index is 13.2. The van der Waals surface area contributed by atoms with Gasteiger partial charge in [0.2, 0.25) is 11.8 Å². The number of alkyl carbamates (subject to hydrolysis) is 1. The third kappa shape index (κ3) is 10.4. The maximum Gasteiger partial charge on any atom is 0.409 e.